The predicted octanol–water partition coefficient (Wildman–Crippen LogP) is 2.90. The van der Waals surface area contributed by atoms with Crippen molar-refractivity contribution in [2.45, 2.75) is 59.4 Å². The Morgan fingerprint density at radius 2 is 1.85 bits per heavy atom. The van der Waals surface area contributed by atoms with E-state index in [-0.39, 0.29) is 11.9 Å². The first-order valence-corrected chi connectivity index (χ1v) is 4.92. The Kier molecular flexibility index (Phi) is 6.29. The molecule has 0 saturated carbocycles. The number of hydrogen-bond donors (Lipinski definition) is 0. The van der Waals surface area contributed by atoms with E-state index in [2.05, 4.69) is 6.92 Å². The molecule has 0 rings (SSSR count). The van der Waals surface area contributed by atoms with E-state index >= 15 is 0 Å². The van der Waals surface area contributed by atoms with Gasteiger partial charge in [0, 0.05) is 6.61 Å². The van der Waals surface area contributed by atoms with Crippen molar-refractivity contribution in [3.8, 4) is 0 Å². The molecule has 0 aromatic rings. The lowest BCUT2D eigenvalue weighted by Crippen LogP contribution is -2.24. The molecule has 0 N–H and O–H groups in total. The first-order valence-electron chi connectivity index (χ1n) is 4.92. The van der Waals surface area contributed by atoms with Crippen LogP contribution in [0, 0.1) is 0 Å². The zero-order chi connectivity index (χ0) is 10.3. The third kappa shape index (κ3) is 9.80. The first-order chi connectivity index (χ1) is 5.95. The van der Waals surface area contributed by atoms with Gasteiger partial charge < -0.3 is 4.74 Å². The molecule has 0 fully saturated rings. The summed E-state index contributed by atoms with van der Waals surface area (Å²) in [6.07, 6.45) is 1.90. The summed E-state index contributed by atoms with van der Waals surface area (Å²) in [5.41, 5.74) is -0.275. The van der Waals surface area contributed by atoms with Gasteiger partial charge in [0.25, 0.3) is 0 Å². The van der Waals surface area contributed by atoms with Crippen molar-refractivity contribution < 1.29 is 14.5 Å². The van der Waals surface area contributed by atoms with Crippen LogP contribution in [0.2, 0.25) is 0 Å². The molecule has 0 spiro atoms. The van der Waals surface area contributed by atoms with Crippen molar-refractivity contribution in [3.05, 3.63) is 0 Å². The van der Waals surface area contributed by atoms with Crippen molar-refractivity contribution in [1.29, 1.82) is 0 Å². The van der Waals surface area contributed by atoms with Crippen LogP contribution in [0.25, 0.3) is 0 Å². The minimum absolute atomic E-state index is 0.275. The van der Waals surface area contributed by atoms with Crippen LogP contribution in [0.5, 0.6) is 0 Å². The highest BCUT2D eigenvalue weighted by Gasteiger charge is 2.13. The fourth-order valence-electron chi connectivity index (χ4n) is 0.634. The second-order valence-corrected chi connectivity index (χ2v) is 4.08. The molecule has 0 aliphatic carbocycles. The van der Waals surface area contributed by atoms with Crippen LogP contribution in [-0.4, -0.2) is 18.5 Å². The molecule has 3 nitrogen and oxygen atoms in total. The van der Waals surface area contributed by atoms with Gasteiger partial charge in [-0.1, -0.05) is 13.3 Å². The van der Waals surface area contributed by atoms with Gasteiger partial charge in [0.2, 0.25) is 0 Å². The van der Waals surface area contributed by atoms with Crippen molar-refractivity contribution in [3.63, 3.8) is 0 Å². The zero-order valence-electron chi connectivity index (χ0n) is 9.42. The highest BCUT2D eigenvalue weighted by Crippen LogP contribution is 2.09. The van der Waals surface area contributed by atoms with Crippen molar-refractivity contribution in [2.24, 2.45) is 0 Å². The van der Waals surface area contributed by atoms with Crippen molar-refractivity contribution >= 4 is 0 Å². The van der Waals surface area contributed by atoms with Gasteiger partial charge in [0.15, 0.2) is 6.29 Å². The van der Waals surface area contributed by atoms with Gasteiger partial charge in [-0.25, -0.2) is 9.78 Å². The standard InChI is InChI=1S/C10H22O3/c1-6-7-8-11-9(2)12-13-10(3,4)5/h9H,6-8H2,1-5H3. The van der Waals surface area contributed by atoms with Crippen LogP contribution in [-0.2, 0) is 14.5 Å². The monoisotopic (exact) mass is 190 g/mol. The lowest BCUT2D eigenvalue weighted by Gasteiger charge is -2.21. The van der Waals surface area contributed by atoms with Crippen molar-refractivity contribution in [1.82, 2.24) is 0 Å². The molecule has 1 atom stereocenters. The highest BCUT2D eigenvalue weighted by atomic mass is 17.2. The topological polar surface area (TPSA) is 27.7 Å². The maximum atomic E-state index is 5.33. The van der Waals surface area contributed by atoms with Gasteiger partial charge in [0.1, 0.15) is 0 Å². The van der Waals surface area contributed by atoms with Crippen LogP contribution >= 0.6 is 0 Å². The molecule has 0 radical (unpaired) electrons. The molecule has 0 aromatic heterocycles. The zero-order valence-corrected chi connectivity index (χ0v) is 9.42. The summed E-state index contributed by atoms with van der Waals surface area (Å²) in [6.45, 7) is 10.5. The van der Waals surface area contributed by atoms with E-state index in [0.717, 1.165) is 19.4 Å². The molecule has 0 aliphatic heterocycles. The number of rotatable bonds is 6. The molecular formula is C10H22O3. The average molecular weight is 190 g/mol. The Morgan fingerprint density at radius 3 is 2.31 bits per heavy atom. The van der Waals surface area contributed by atoms with Crippen LogP contribution in [0.3, 0.4) is 0 Å². The lowest BCUT2D eigenvalue weighted by atomic mass is 10.2. The summed E-state index contributed by atoms with van der Waals surface area (Å²) in [4.78, 5) is 10.1. The molecule has 3 heteroatoms. The molecule has 0 aromatic carbocycles. The maximum absolute atomic E-state index is 5.33. The van der Waals surface area contributed by atoms with E-state index in [1.54, 1.807) is 0 Å². The molecule has 0 aliphatic rings. The van der Waals surface area contributed by atoms with Crippen molar-refractivity contribution in [2.75, 3.05) is 6.61 Å². The molecular weight excluding hydrogens is 168 g/mol. The van der Waals surface area contributed by atoms with Crippen LogP contribution in [0.4, 0.5) is 0 Å². The van der Waals surface area contributed by atoms with E-state index in [1.165, 1.54) is 0 Å². The smallest absolute Gasteiger partial charge is 0.188 e. The second-order valence-electron chi connectivity index (χ2n) is 4.08. The fraction of sp³-hybridized carbons (Fsp3) is 1.00. The lowest BCUT2D eigenvalue weighted by molar-refractivity contribution is -0.411. The quantitative estimate of drug-likeness (QED) is 0.279. The van der Waals surface area contributed by atoms with Gasteiger partial charge in [0.05, 0.1) is 5.60 Å². The number of hydrogen-bond acceptors (Lipinski definition) is 3. The summed E-state index contributed by atoms with van der Waals surface area (Å²) in [7, 11) is 0. The minimum Gasteiger partial charge on any atom is -0.350 e. The van der Waals surface area contributed by atoms with E-state index in [9.17, 15) is 0 Å². The third-order valence-electron chi connectivity index (χ3n) is 1.28. The third-order valence-corrected chi connectivity index (χ3v) is 1.28. The van der Waals surface area contributed by atoms with E-state index < -0.39 is 0 Å². The summed E-state index contributed by atoms with van der Waals surface area (Å²) >= 11 is 0. The first kappa shape index (κ1) is 12.9. The summed E-state index contributed by atoms with van der Waals surface area (Å²) in [5, 5.41) is 0. The Balaban J connectivity index is 3.35. The Hall–Kier alpha value is -0.120. The fourth-order valence-corrected chi connectivity index (χ4v) is 0.634. The summed E-state index contributed by atoms with van der Waals surface area (Å²) in [5.74, 6) is 0. The van der Waals surface area contributed by atoms with E-state index in [4.69, 9.17) is 14.5 Å². The summed E-state index contributed by atoms with van der Waals surface area (Å²) in [6, 6.07) is 0. The largest absolute Gasteiger partial charge is 0.350 e. The van der Waals surface area contributed by atoms with Crippen LogP contribution in [0.1, 0.15) is 47.5 Å². The van der Waals surface area contributed by atoms with Crippen LogP contribution < -0.4 is 0 Å². The number of unbranched alkanes of at least 4 members (excludes halogenated alkanes) is 1. The average Bonchev–Trinajstić information content (AvgIpc) is 2.00. The Labute approximate surface area is 81.3 Å². The molecule has 0 heterocycles. The molecule has 0 saturated heterocycles. The number of ether oxygens (including phenoxy) is 1. The normalized spacial score (nSPS) is 14.5. The van der Waals surface area contributed by atoms with Gasteiger partial charge in [-0.05, 0) is 34.1 Å². The van der Waals surface area contributed by atoms with Crippen LogP contribution in [0.15, 0.2) is 0 Å². The van der Waals surface area contributed by atoms with Gasteiger partial charge in [-0.3, -0.25) is 0 Å². The maximum Gasteiger partial charge on any atom is 0.188 e. The summed E-state index contributed by atoms with van der Waals surface area (Å²) < 4.78 is 5.33. The SMILES string of the molecule is CCCCOC(C)OOC(C)(C)C. The van der Waals surface area contributed by atoms with Gasteiger partial charge >= 0.3 is 0 Å². The minimum atomic E-state index is -0.286. The Morgan fingerprint density at radius 1 is 1.23 bits per heavy atom. The van der Waals surface area contributed by atoms with Gasteiger partial charge in [-0.15, -0.1) is 0 Å². The van der Waals surface area contributed by atoms with E-state index in [0.29, 0.717) is 0 Å². The highest BCUT2D eigenvalue weighted by molar-refractivity contribution is 4.54. The molecule has 80 valence electrons. The Bertz CT molecular complexity index is 118. The second kappa shape index (κ2) is 6.35. The van der Waals surface area contributed by atoms with E-state index in [1.807, 2.05) is 27.7 Å². The molecule has 13 heavy (non-hydrogen) atoms. The molecule has 0 bridgehead atoms. The molecule has 0 amide bonds. The molecule has 1 unspecified atom stereocenters. The van der Waals surface area contributed by atoms with Gasteiger partial charge in [-0.2, -0.15) is 0 Å². The predicted molar refractivity (Wildman–Crippen MR) is 52.2 cm³/mol.